The second-order valence-electron chi connectivity index (χ2n) is 2.67. The Morgan fingerprint density at radius 2 is 1.67 bits per heavy atom. The van der Waals surface area contributed by atoms with Crippen LogP contribution in [0.1, 0.15) is 16.8 Å². The number of aryl methyl sites for hydroxylation is 1. The Morgan fingerprint density at radius 1 is 1.13 bits per heavy atom. The van der Waals surface area contributed by atoms with Gasteiger partial charge in [0.15, 0.2) is 0 Å². The summed E-state index contributed by atoms with van der Waals surface area (Å²) in [6.45, 7) is 2.71. The van der Waals surface area contributed by atoms with Crippen LogP contribution < -0.4 is 17.2 Å². The van der Waals surface area contributed by atoms with E-state index in [-0.39, 0.29) is 37.2 Å². The molecule has 0 radical (unpaired) electrons. The summed E-state index contributed by atoms with van der Waals surface area (Å²) >= 11 is 0. The van der Waals surface area contributed by atoms with Gasteiger partial charge in [0.05, 0.1) is 11.4 Å². The van der Waals surface area contributed by atoms with Crippen LogP contribution in [0.2, 0.25) is 0 Å². The van der Waals surface area contributed by atoms with E-state index in [4.69, 9.17) is 17.2 Å². The van der Waals surface area contributed by atoms with Crippen LogP contribution in [-0.2, 0) is 13.1 Å². The highest BCUT2D eigenvalue weighted by molar-refractivity contribution is 5.86. The lowest BCUT2D eigenvalue weighted by molar-refractivity contribution is 0.955. The van der Waals surface area contributed by atoms with Crippen molar-refractivity contribution >= 4 is 42.9 Å². The fourth-order valence-electron chi connectivity index (χ4n) is 1.13. The van der Waals surface area contributed by atoms with Gasteiger partial charge in [-0.2, -0.15) is 0 Å². The summed E-state index contributed by atoms with van der Waals surface area (Å²) in [7, 11) is 0. The van der Waals surface area contributed by atoms with Crippen LogP contribution in [0.3, 0.4) is 0 Å². The van der Waals surface area contributed by atoms with E-state index in [2.05, 4.69) is 4.98 Å². The van der Waals surface area contributed by atoms with Gasteiger partial charge in [0.2, 0.25) is 0 Å². The molecule has 6 N–H and O–H groups in total. The third kappa shape index (κ3) is 4.40. The molecular formula is C8H17Cl3N4. The molecule has 4 nitrogen and oxygen atoms in total. The van der Waals surface area contributed by atoms with E-state index in [0.717, 1.165) is 16.8 Å². The molecule has 0 saturated heterocycles. The topological polar surface area (TPSA) is 90.9 Å². The first-order valence-electron chi connectivity index (χ1n) is 3.83. The molecule has 0 atom stereocenters. The quantitative estimate of drug-likeness (QED) is 0.755. The molecule has 0 fully saturated rings. The molecule has 0 aliphatic carbocycles. The highest BCUT2D eigenvalue weighted by atomic mass is 35.5. The van der Waals surface area contributed by atoms with Gasteiger partial charge in [0.1, 0.15) is 0 Å². The van der Waals surface area contributed by atoms with Crippen molar-refractivity contribution in [2.45, 2.75) is 20.0 Å². The summed E-state index contributed by atoms with van der Waals surface area (Å²) in [5.41, 5.74) is 20.1. The largest absolute Gasteiger partial charge is 0.397 e. The van der Waals surface area contributed by atoms with Crippen molar-refractivity contribution in [1.82, 2.24) is 4.98 Å². The van der Waals surface area contributed by atoms with Crippen molar-refractivity contribution in [3.63, 3.8) is 0 Å². The van der Waals surface area contributed by atoms with Crippen LogP contribution in [0.25, 0.3) is 0 Å². The molecule has 1 heterocycles. The fraction of sp³-hybridized carbons (Fsp3) is 0.375. The van der Waals surface area contributed by atoms with Gasteiger partial charge in [0.25, 0.3) is 0 Å². The lowest BCUT2D eigenvalue weighted by Gasteiger charge is -2.09. The Kier molecular flexibility index (Phi) is 12.1. The molecule has 0 bridgehead atoms. The SMILES string of the molecule is Cc1ncc(CN)c(CN)c1N.Cl.Cl.Cl. The van der Waals surface area contributed by atoms with Crippen molar-refractivity contribution in [3.05, 3.63) is 23.0 Å². The molecule has 0 unspecified atom stereocenters. The number of hydrogen-bond donors (Lipinski definition) is 3. The minimum Gasteiger partial charge on any atom is -0.397 e. The molecule has 1 rings (SSSR count). The van der Waals surface area contributed by atoms with Crippen LogP contribution in [0.4, 0.5) is 5.69 Å². The number of anilines is 1. The Bertz CT molecular complexity index is 293. The normalized spacial score (nSPS) is 8.20. The number of rotatable bonds is 2. The summed E-state index contributed by atoms with van der Waals surface area (Å²) in [5, 5.41) is 0. The molecular weight excluding hydrogens is 258 g/mol. The molecule has 0 aliphatic heterocycles. The van der Waals surface area contributed by atoms with Gasteiger partial charge in [0, 0.05) is 19.3 Å². The Morgan fingerprint density at radius 3 is 2.07 bits per heavy atom. The van der Waals surface area contributed by atoms with E-state index in [1.54, 1.807) is 6.20 Å². The van der Waals surface area contributed by atoms with Crippen molar-refractivity contribution in [3.8, 4) is 0 Å². The van der Waals surface area contributed by atoms with Gasteiger partial charge in [-0.25, -0.2) is 0 Å². The van der Waals surface area contributed by atoms with E-state index < -0.39 is 0 Å². The van der Waals surface area contributed by atoms with Crippen LogP contribution in [0, 0.1) is 6.92 Å². The summed E-state index contributed by atoms with van der Waals surface area (Å²) in [5.74, 6) is 0. The van der Waals surface area contributed by atoms with Gasteiger partial charge < -0.3 is 17.2 Å². The first-order chi connectivity index (χ1) is 5.70. The maximum atomic E-state index is 5.77. The van der Waals surface area contributed by atoms with Gasteiger partial charge in [-0.15, -0.1) is 37.2 Å². The van der Waals surface area contributed by atoms with Crippen LogP contribution in [-0.4, -0.2) is 4.98 Å². The number of nitrogens with two attached hydrogens (primary N) is 3. The lowest BCUT2D eigenvalue weighted by atomic mass is 10.1. The number of pyridine rings is 1. The van der Waals surface area contributed by atoms with Gasteiger partial charge in [-0.3, -0.25) is 4.98 Å². The van der Waals surface area contributed by atoms with Gasteiger partial charge in [-0.05, 0) is 18.1 Å². The summed E-state index contributed by atoms with van der Waals surface area (Å²) < 4.78 is 0. The molecule has 0 amide bonds. The first kappa shape index (κ1) is 20.2. The number of hydrogen-bond acceptors (Lipinski definition) is 4. The van der Waals surface area contributed by atoms with Crippen molar-refractivity contribution in [2.75, 3.05) is 5.73 Å². The average molecular weight is 276 g/mol. The van der Waals surface area contributed by atoms with Crippen molar-refractivity contribution < 1.29 is 0 Å². The van der Waals surface area contributed by atoms with Gasteiger partial charge in [-0.1, -0.05) is 0 Å². The molecule has 15 heavy (non-hydrogen) atoms. The van der Waals surface area contributed by atoms with E-state index in [9.17, 15) is 0 Å². The maximum absolute atomic E-state index is 5.77. The van der Waals surface area contributed by atoms with Crippen molar-refractivity contribution in [2.24, 2.45) is 11.5 Å². The molecule has 0 aromatic carbocycles. The minimum absolute atomic E-state index is 0. The zero-order chi connectivity index (χ0) is 9.14. The zero-order valence-corrected chi connectivity index (χ0v) is 10.8. The standard InChI is InChI=1S/C8H14N4.3ClH/c1-5-8(11)7(3-10)6(2-9)4-12-5;;;/h4H,2-3,9-11H2,1H3;3*1H. The molecule has 7 heteroatoms. The highest BCUT2D eigenvalue weighted by Crippen LogP contribution is 2.17. The fourth-order valence-corrected chi connectivity index (χ4v) is 1.13. The maximum Gasteiger partial charge on any atom is 0.0605 e. The average Bonchev–Trinajstić information content (AvgIpc) is 2.09. The second kappa shape index (κ2) is 9.00. The van der Waals surface area contributed by atoms with E-state index in [1.165, 1.54) is 0 Å². The van der Waals surface area contributed by atoms with Gasteiger partial charge >= 0.3 is 0 Å². The summed E-state index contributed by atoms with van der Waals surface area (Å²) in [6, 6.07) is 0. The third-order valence-electron chi connectivity index (χ3n) is 1.94. The molecule has 0 aliphatic rings. The number of nitrogen functional groups attached to an aromatic ring is 1. The second-order valence-corrected chi connectivity index (χ2v) is 2.67. The first-order valence-corrected chi connectivity index (χ1v) is 3.83. The monoisotopic (exact) mass is 274 g/mol. The molecule has 0 spiro atoms. The van der Waals surface area contributed by atoms with Crippen LogP contribution >= 0.6 is 37.2 Å². The number of aromatic nitrogens is 1. The smallest absolute Gasteiger partial charge is 0.0605 e. The van der Waals surface area contributed by atoms with E-state index in [0.29, 0.717) is 18.8 Å². The van der Waals surface area contributed by atoms with Crippen LogP contribution in [0.15, 0.2) is 6.20 Å². The Balaban J connectivity index is -0.000000480. The summed E-state index contributed by atoms with van der Waals surface area (Å²) in [6.07, 6.45) is 1.73. The highest BCUT2D eigenvalue weighted by Gasteiger charge is 2.06. The minimum atomic E-state index is 0. The Labute approximate surface area is 108 Å². The van der Waals surface area contributed by atoms with E-state index in [1.807, 2.05) is 6.92 Å². The molecule has 0 saturated carbocycles. The third-order valence-corrected chi connectivity index (χ3v) is 1.94. The molecule has 1 aromatic heterocycles. The van der Waals surface area contributed by atoms with Crippen molar-refractivity contribution in [1.29, 1.82) is 0 Å². The summed E-state index contributed by atoms with van der Waals surface area (Å²) in [4.78, 5) is 4.10. The lowest BCUT2D eigenvalue weighted by Crippen LogP contribution is -2.11. The predicted molar refractivity (Wildman–Crippen MR) is 70.9 cm³/mol. The predicted octanol–water partition coefficient (Wildman–Crippen LogP) is 1.16. The van der Waals surface area contributed by atoms with Crippen LogP contribution in [0.5, 0.6) is 0 Å². The molecule has 90 valence electrons. The zero-order valence-electron chi connectivity index (χ0n) is 8.40. The number of halogens is 3. The van der Waals surface area contributed by atoms with E-state index >= 15 is 0 Å². The number of nitrogens with zero attached hydrogens (tertiary/aromatic N) is 1. The molecule has 1 aromatic rings. The Hall–Kier alpha value is -0.260.